The van der Waals surface area contributed by atoms with Gasteiger partial charge in [-0.05, 0) is 46.5 Å². The number of hydrogen-bond donors (Lipinski definition) is 0. The Bertz CT molecular complexity index is 1300. The summed E-state index contributed by atoms with van der Waals surface area (Å²) in [5.41, 5.74) is -0.962. The van der Waals surface area contributed by atoms with Crippen LogP contribution in [0.25, 0.3) is 5.41 Å². The van der Waals surface area contributed by atoms with Gasteiger partial charge in [-0.25, -0.2) is 0 Å². The molecular weight excluding hydrogens is 458 g/mol. The standard InChI is InChI=1S/C24H16F6N4/c1-22(2)18-19(22)21(14-5-9-16(10-6-14)24(28,29)30)34(17(11-31)12-32)33-20(18)13-3-7-15(8-4-13)23(25,26)27/h3-10,18-19H,1-2H3. The van der Waals surface area contributed by atoms with Gasteiger partial charge in [-0.3, -0.25) is 0 Å². The van der Waals surface area contributed by atoms with E-state index in [4.69, 9.17) is 0 Å². The monoisotopic (exact) mass is 474 g/mol. The lowest BCUT2D eigenvalue weighted by molar-refractivity contribution is -0.476. The molecule has 10 heteroatoms. The smallest absolute Gasteiger partial charge is 0.416 e. The van der Waals surface area contributed by atoms with Crippen LogP contribution in [0, 0.1) is 28.6 Å². The number of hydrazone groups is 1. The first kappa shape index (κ1) is 23.5. The molecule has 2 atom stereocenters. The zero-order valence-corrected chi connectivity index (χ0v) is 17.8. The Morgan fingerprint density at radius 3 is 1.76 bits per heavy atom. The minimum Gasteiger partial charge on any atom is -0.757 e. The van der Waals surface area contributed by atoms with Crippen LogP contribution in [0.15, 0.2) is 59.3 Å². The third-order valence-corrected chi connectivity index (χ3v) is 6.29. The Morgan fingerprint density at radius 2 is 1.35 bits per heavy atom. The van der Waals surface area contributed by atoms with Crippen molar-refractivity contribution in [3.63, 3.8) is 0 Å². The molecular formula is C24H16F6N4. The van der Waals surface area contributed by atoms with E-state index in [1.165, 1.54) is 24.3 Å². The predicted molar refractivity (Wildman–Crippen MR) is 112 cm³/mol. The largest absolute Gasteiger partial charge is 0.757 e. The van der Waals surface area contributed by atoms with E-state index in [2.05, 4.69) is 5.10 Å². The summed E-state index contributed by atoms with van der Waals surface area (Å²) in [6.45, 7) is 3.79. The number of hydrogen-bond acceptors (Lipinski definition) is 2. The van der Waals surface area contributed by atoms with E-state index in [1.807, 2.05) is 13.8 Å². The van der Waals surface area contributed by atoms with Gasteiger partial charge in [-0.2, -0.15) is 37.5 Å². The van der Waals surface area contributed by atoms with E-state index in [9.17, 15) is 37.0 Å². The highest BCUT2D eigenvalue weighted by Crippen LogP contribution is 2.62. The van der Waals surface area contributed by atoms with E-state index in [0.29, 0.717) is 22.6 Å². The van der Waals surface area contributed by atoms with Crippen LogP contribution >= 0.6 is 0 Å². The second kappa shape index (κ2) is 7.67. The van der Waals surface area contributed by atoms with Crippen molar-refractivity contribution < 1.29 is 31.0 Å². The van der Waals surface area contributed by atoms with E-state index in [0.717, 1.165) is 28.9 Å². The van der Waals surface area contributed by atoms with Crippen molar-refractivity contribution in [3.8, 4) is 6.07 Å². The SMILES string of the molecule is CC1(C)C2C(c3ccc(C(F)(F)F)cc3)=N[N+](C(=C=[N-])C#N)=C(c3ccc(C(F)(F)F)cc3)C21. The van der Waals surface area contributed by atoms with Gasteiger partial charge in [-0.15, -0.1) is 0 Å². The van der Waals surface area contributed by atoms with Gasteiger partial charge in [0.2, 0.25) is 5.71 Å². The van der Waals surface area contributed by atoms with Crippen LogP contribution in [-0.2, 0) is 12.4 Å². The molecule has 2 aromatic carbocycles. The molecule has 2 unspecified atom stereocenters. The van der Waals surface area contributed by atoms with Crippen molar-refractivity contribution in [2.24, 2.45) is 22.4 Å². The van der Waals surface area contributed by atoms with Crippen LogP contribution in [0.5, 0.6) is 0 Å². The highest BCUT2D eigenvalue weighted by Gasteiger charge is 2.68. The van der Waals surface area contributed by atoms with Gasteiger partial charge < -0.3 is 5.41 Å². The Hall–Kier alpha value is -3.70. The zero-order valence-electron chi connectivity index (χ0n) is 17.8. The van der Waals surface area contributed by atoms with Gasteiger partial charge in [-0.1, -0.05) is 26.0 Å². The lowest BCUT2D eigenvalue weighted by atomic mass is 9.97. The van der Waals surface area contributed by atoms with Crippen LogP contribution in [0.1, 0.15) is 36.1 Å². The van der Waals surface area contributed by atoms with Gasteiger partial charge in [0.25, 0.3) is 0 Å². The van der Waals surface area contributed by atoms with Crippen LogP contribution in [0.2, 0.25) is 0 Å². The first-order valence-electron chi connectivity index (χ1n) is 10.1. The molecule has 0 spiro atoms. The maximum Gasteiger partial charge on any atom is 0.416 e. The maximum atomic E-state index is 13.0. The lowest BCUT2D eigenvalue weighted by Gasteiger charge is -2.13. The molecule has 0 aromatic heterocycles. The number of alkyl halides is 6. The van der Waals surface area contributed by atoms with Gasteiger partial charge in [0.05, 0.1) is 17.0 Å². The number of fused-ring (bicyclic) bond motifs is 1. The average molecular weight is 474 g/mol. The zero-order chi connectivity index (χ0) is 25.1. The molecule has 2 aromatic rings. The second-order valence-corrected chi connectivity index (χ2v) is 8.68. The van der Waals surface area contributed by atoms with Gasteiger partial charge in [0.15, 0.2) is 6.07 Å². The number of nitriles is 1. The number of nitrogens with zero attached hydrogens (tertiary/aromatic N) is 4. The average Bonchev–Trinajstić information content (AvgIpc) is 3.35. The molecule has 174 valence electrons. The summed E-state index contributed by atoms with van der Waals surface area (Å²) >= 11 is 0. The van der Waals surface area contributed by atoms with Crippen LogP contribution in [0.3, 0.4) is 0 Å². The highest BCUT2D eigenvalue weighted by molar-refractivity contribution is 6.13. The normalized spacial score (nSPS) is 21.2. The maximum absolute atomic E-state index is 13.0. The fourth-order valence-electron chi connectivity index (χ4n) is 4.50. The molecule has 2 aliphatic rings. The van der Waals surface area contributed by atoms with Crippen molar-refractivity contribution in [1.29, 1.82) is 5.26 Å². The molecule has 1 heterocycles. The molecule has 1 aliphatic carbocycles. The number of halogens is 6. The molecule has 0 radical (unpaired) electrons. The molecule has 0 bridgehead atoms. The van der Waals surface area contributed by atoms with Crippen molar-refractivity contribution >= 4 is 17.3 Å². The lowest BCUT2D eigenvalue weighted by Crippen LogP contribution is -2.28. The van der Waals surface area contributed by atoms with Crippen LogP contribution in [0.4, 0.5) is 26.3 Å². The van der Waals surface area contributed by atoms with Crippen molar-refractivity contribution in [1.82, 2.24) is 0 Å². The summed E-state index contributed by atoms with van der Waals surface area (Å²) in [6.07, 6.45) is -9.03. The third-order valence-electron chi connectivity index (χ3n) is 6.29. The minimum atomic E-state index is -4.53. The quantitative estimate of drug-likeness (QED) is 0.238. The number of benzene rings is 2. The predicted octanol–water partition coefficient (Wildman–Crippen LogP) is 5.86. The van der Waals surface area contributed by atoms with Crippen molar-refractivity contribution in [3.05, 3.63) is 81.9 Å². The molecule has 0 saturated heterocycles. The third kappa shape index (κ3) is 3.82. The molecule has 1 saturated carbocycles. The van der Waals surface area contributed by atoms with Gasteiger partial charge in [0, 0.05) is 22.1 Å². The van der Waals surface area contributed by atoms with Crippen molar-refractivity contribution in [2.45, 2.75) is 26.2 Å². The molecule has 1 aliphatic heterocycles. The van der Waals surface area contributed by atoms with Gasteiger partial charge in [0.1, 0.15) is 5.71 Å². The summed E-state index contributed by atoms with van der Waals surface area (Å²) in [5.74, 6) is 1.16. The van der Waals surface area contributed by atoms with Crippen molar-refractivity contribution in [2.75, 3.05) is 0 Å². The number of allylic oxidation sites excluding steroid dienone is 1. The fourth-order valence-corrected chi connectivity index (χ4v) is 4.50. The summed E-state index contributed by atoms with van der Waals surface area (Å²) < 4.78 is 79.1. The minimum absolute atomic E-state index is 0.267. The Balaban J connectivity index is 1.90. The van der Waals surface area contributed by atoms with Gasteiger partial charge >= 0.3 is 18.0 Å². The van der Waals surface area contributed by atoms with Crippen LogP contribution < -0.4 is 0 Å². The van der Waals surface area contributed by atoms with E-state index in [-0.39, 0.29) is 11.8 Å². The molecule has 34 heavy (non-hydrogen) atoms. The Labute approximate surface area is 190 Å². The first-order chi connectivity index (χ1) is 15.8. The van der Waals surface area contributed by atoms with E-state index < -0.39 is 34.6 Å². The topological polar surface area (TPSA) is 61.5 Å². The number of rotatable bonds is 3. The molecule has 4 nitrogen and oxygen atoms in total. The molecule has 0 amide bonds. The van der Waals surface area contributed by atoms with Crippen LogP contribution in [-0.4, -0.2) is 22.0 Å². The highest BCUT2D eigenvalue weighted by atomic mass is 19.4. The summed E-state index contributed by atoms with van der Waals surface area (Å²) in [4.78, 5) is 0. The molecule has 4 rings (SSSR count). The summed E-state index contributed by atoms with van der Waals surface area (Å²) in [7, 11) is 0. The fraction of sp³-hybridized carbons (Fsp3) is 0.292. The first-order valence-corrected chi connectivity index (χ1v) is 10.1. The summed E-state index contributed by atoms with van der Waals surface area (Å²) in [6, 6.07) is 10.5. The molecule has 1 fully saturated rings. The van der Waals surface area contributed by atoms with E-state index in [1.54, 1.807) is 11.9 Å². The Kier molecular flexibility index (Phi) is 5.29. The second-order valence-electron chi connectivity index (χ2n) is 8.68. The molecule has 0 N–H and O–H groups in total. The Morgan fingerprint density at radius 1 is 0.882 bits per heavy atom. The van der Waals surface area contributed by atoms with E-state index >= 15 is 0 Å². The summed E-state index contributed by atoms with van der Waals surface area (Å²) in [5, 5.41) is 23.5.